The third-order valence-corrected chi connectivity index (χ3v) is 3.40. The van der Waals surface area contributed by atoms with Gasteiger partial charge < -0.3 is 9.64 Å². The average molecular weight is 296 g/mol. The van der Waals surface area contributed by atoms with E-state index >= 15 is 0 Å². The minimum atomic E-state index is -0.801. The first kappa shape index (κ1) is 14.9. The number of halogens is 1. The van der Waals surface area contributed by atoms with E-state index in [4.69, 9.17) is 0 Å². The molecule has 0 aromatic heterocycles. The molecule has 1 saturated heterocycles. The summed E-state index contributed by atoms with van der Waals surface area (Å²) >= 11 is 0. The van der Waals surface area contributed by atoms with E-state index in [1.165, 1.54) is 12.0 Å². The van der Waals surface area contributed by atoms with Crippen LogP contribution in [0.2, 0.25) is 0 Å². The maximum absolute atomic E-state index is 13.1. The van der Waals surface area contributed by atoms with Crippen molar-refractivity contribution < 1.29 is 23.6 Å². The highest BCUT2D eigenvalue weighted by Crippen LogP contribution is 2.25. The van der Waals surface area contributed by atoms with Crippen molar-refractivity contribution in [3.63, 3.8) is 0 Å². The molecule has 1 aromatic rings. The van der Waals surface area contributed by atoms with E-state index in [9.17, 15) is 24.1 Å². The van der Waals surface area contributed by atoms with Crippen LogP contribution in [0.4, 0.5) is 10.1 Å². The second-order valence-electron chi connectivity index (χ2n) is 4.68. The molecular formula is C13H13FN2O5. The number of hydrogen-bond donors (Lipinski definition) is 0. The number of amides is 1. The van der Waals surface area contributed by atoms with Gasteiger partial charge in [-0.15, -0.1) is 0 Å². The van der Waals surface area contributed by atoms with Crippen molar-refractivity contribution in [2.24, 2.45) is 5.92 Å². The Kier molecular flexibility index (Phi) is 4.15. The first-order valence-corrected chi connectivity index (χ1v) is 6.25. The van der Waals surface area contributed by atoms with Gasteiger partial charge in [-0.25, -0.2) is 4.39 Å². The number of ether oxygens (including phenoxy) is 1. The van der Waals surface area contributed by atoms with Crippen LogP contribution in [0.25, 0.3) is 0 Å². The van der Waals surface area contributed by atoms with Crippen LogP contribution in [-0.2, 0) is 9.53 Å². The molecule has 8 heteroatoms. The highest BCUT2D eigenvalue weighted by Gasteiger charge is 2.34. The maximum atomic E-state index is 13.1. The van der Waals surface area contributed by atoms with Crippen molar-refractivity contribution in [3.05, 3.63) is 39.7 Å². The molecular weight excluding hydrogens is 283 g/mol. The summed E-state index contributed by atoms with van der Waals surface area (Å²) in [6.07, 6.45) is 0.438. The number of esters is 1. The minimum Gasteiger partial charge on any atom is -0.469 e. The number of nitro groups is 1. The fraction of sp³-hybridized carbons (Fsp3) is 0.385. The van der Waals surface area contributed by atoms with E-state index in [2.05, 4.69) is 4.74 Å². The lowest BCUT2D eigenvalue weighted by atomic mass is 10.1. The SMILES string of the molecule is COC(=O)C1CCN(C(=O)c2ccc(F)cc2[N+](=O)[O-])C1. The van der Waals surface area contributed by atoms with Gasteiger partial charge >= 0.3 is 5.97 Å². The second kappa shape index (κ2) is 5.86. The van der Waals surface area contributed by atoms with Crippen LogP contribution in [0.3, 0.4) is 0 Å². The van der Waals surface area contributed by atoms with E-state index in [0.717, 1.165) is 12.1 Å². The van der Waals surface area contributed by atoms with Crippen molar-refractivity contribution in [2.45, 2.75) is 6.42 Å². The zero-order chi connectivity index (χ0) is 15.6. The summed E-state index contributed by atoms with van der Waals surface area (Å²) in [5.74, 6) is -2.22. The quantitative estimate of drug-likeness (QED) is 0.477. The monoisotopic (exact) mass is 296 g/mol. The maximum Gasteiger partial charge on any atom is 0.310 e. The normalized spacial score (nSPS) is 17.6. The van der Waals surface area contributed by atoms with Crippen molar-refractivity contribution in [2.75, 3.05) is 20.2 Å². The number of hydrogen-bond acceptors (Lipinski definition) is 5. The lowest BCUT2D eigenvalue weighted by Gasteiger charge is -2.16. The third-order valence-electron chi connectivity index (χ3n) is 3.40. The molecule has 1 atom stereocenters. The van der Waals surface area contributed by atoms with Gasteiger partial charge in [0.1, 0.15) is 11.4 Å². The Hall–Kier alpha value is -2.51. The molecule has 1 fully saturated rings. The van der Waals surface area contributed by atoms with Crippen LogP contribution in [0, 0.1) is 21.8 Å². The van der Waals surface area contributed by atoms with Gasteiger partial charge in [-0.2, -0.15) is 0 Å². The Balaban J connectivity index is 2.22. The summed E-state index contributed by atoms with van der Waals surface area (Å²) in [6.45, 7) is 0.438. The Morgan fingerprint density at radius 2 is 2.19 bits per heavy atom. The summed E-state index contributed by atoms with van der Waals surface area (Å²) in [4.78, 5) is 35.1. The first-order chi connectivity index (χ1) is 9.93. The Bertz CT molecular complexity index is 604. The van der Waals surface area contributed by atoms with Gasteiger partial charge in [0.2, 0.25) is 0 Å². The van der Waals surface area contributed by atoms with E-state index in [0.29, 0.717) is 19.0 Å². The van der Waals surface area contributed by atoms with Crippen molar-refractivity contribution in [1.82, 2.24) is 4.90 Å². The van der Waals surface area contributed by atoms with Gasteiger partial charge in [0, 0.05) is 13.1 Å². The highest BCUT2D eigenvalue weighted by atomic mass is 19.1. The van der Waals surface area contributed by atoms with Crippen LogP contribution in [-0.4, -0.2) is 41.9 Å². The summed E-state index contributed by atoms with van der Waals surface area (Å²) in [5, 5.41) is 10.9. The number of methoxy groups -OCH3 is 1. The predicted molar refractivity (Wildman–Crippen MR) is 69.1 cm³/mol. The largest absolute Gasteiger partial charge is 0.469 e. The Labute approximate surface area is 119 Å². The van der Waals surface area contributed by atoms with E-state index < -0.39 is 34.2 Å². The molecule has 1 unspecified atom stereocenters. The number of carbonyl (C=O) groups is 2. The van der Waals surface area contributed by atoms with Crippen LogP contribution in [0.1, 0.15) is 16.8 Å². The van der Waals surface area contributed by atoms with Crippen molar-refractivity contribution >= 4 is 17.6 Å². The topological polar surface area (TPSA) is 89.8 Å². The molecule has 7 nitrogen and oxygen atoms in total. The van der Waals surface area contributed by atoms with Crippen LogP contribution < -0.4 is 0 Å². The lowest BCUT2D eigenvalue weighted by Crippen LogP contribution is -2.30. The number of nitrogens with zero attached hydrogens (tertiary/aromatic N) is 2. The van der Waals surface area contributed by atoms with Gasteiger partial charge in [-0.3, -0.25) is 19.7 Å². The van der Waals surface area contributed by atoms with Gasteiger partial charge in [0.25, 0.3) is 11.6 Å². The predicted octanol–water partition coefficient (Wildman–Crippen LogP) is 1.37. The summed E-state index contributed by atoms with van der Waals surface area (Å²) < 4.78 is 17.7. The smallest absolute Gasteiger partial charge is 0.310 e. The molecule has 21 heavy (non-hydrogen) atoms. The summed E-state index contributed by atoms with van der Waals surface area (Å²) in [6, 6.07) is 2.79. The van der Waals surface area contributed by atoms with Gasteiger partial charge in [0.05, 0.1) is 24.0 Å². The molecule has 1 amide bonds. The standard InChI is InChI=1S/C13H13FN2O5/c1-21-13(18)8-4-5-15(7-8)12(17)10-3-2-9(14)6-11(10)16(19)20/h2-3,6,8H,4-5,7H2,1H3. The lowest BCUT2D eigenvalue weighted by molar-refractivity contribution is -0.385. The molecule has 112 valence electrons. The number of rotatable bonds is 3. The van der Waals surface area contributed by atoms with E-state index in [1.54, 1.807) is 0 Å². The van der Waals surface area contributed by atoms with Crippen LogP contribution >= 0.6 is 0 Å². The zero-order valence-electron chi connectivity index (χ0n) is 11.2. The molecule has 0 spiro atoms. The van der Waals surface area contributed by atoms with Crippen molar-refractivity contribution in [1.29, 1.82) is 0 Å². The molecule has 1 aliphatic rings. The molecule has 0 N–H and O–H groups in total. The summed E-state index contributed by atoms with van der Waals surface area (Å²) in [7, 11) is 1.26. The zero-order valence-corrected chi connectivity index (χ0v) is 11.2. The van der Waals surface area contributed by atoms with Crippen LogP contribution in [0.15, 0.2) is 18.2 Å². The minimum absolute atomic E-state index is 0.139. The number of carbonyl (C=O) groups excluding carboxylic acids is 2. The van der Waals surface area contributed by atoms with E-state index in [1.807, 2.05) is 0 Å². The van der Waals surface area contributed by atoms with E-state index in [-0.39, 0.29) is 12.1 Å². The molecule has 0 bridgehead atoms. The molecule has 2 rings (SSSR count). The number of nitro benzene ring substituents is 1. The molecule has 1 heterocycles. The van der Waals surface area contributed by atoms with Crippen molar-refractivity contribution in [3.8, 4) is 0 Å². The molecule has 0 saturated carbocycles. The molecule has 1 aliphatic heterocycles. The molecule has 0 aliphatic carbocycles. The van der Waals surface area contributed by atoms with Gasteiger partial charge in [0.15, 0.2) is 0 Å². The second-order valence-corrected chi connectivity index (χ2v) is 4.68. The fourth-order valence-electron chi connectivity index (χ4n) is 2.31. The molecule has 0 radical (unpaired) electrons. The Morgan fingerprint density at radius 3 is 2.81 bits per heavy atom. The highest BCUT2D eigenvalue weighted by molar-refractivity contribution is 5.98. The van der Waals surface area contributed by atoms with Crippen LogP contribution in [0.5, 0.6) is 0 Å². The number of likely N-dealkylation sites (tertiary alicyclic amines) is 1. The first-order valence-electron chi connectivity index (χ1n) is 6.25. The molecule has 1 aromatic carbocycles. The Morgan fingerprint density at radius 1 is 1.48 bits per heavy atom. The number of benzene rings is 1. The third kappa shape index (κ3) is 2.99. The van der Waals surface area contributed by atoms with Gasteiger partial charge in [-0.05, 0) is 18.6 Å². The van der Waals surface area contributed by atoms with Gasteiger partial charge in [-0.1, -0.05) is 0 Å². The fourth-order valence-corrected chi connectivity index (χ4v) is 2.31. The average Bonchev–Trinajstić information content (AvgIpc) is 2.95. The summed E-state index contributed by atoms with van der Waals surface area (Å²) in [5.41, 5.74) is -0.770.